The van der Waals surface area contributed by atoms with Crippen LogP contribution >= 0.6 is 0 Å². The average molecular weight is 291 g/mol. The largest absolute Gasteiger partial charge is 0.381 e. The van der Waals surface area contributed by atoms with Crippen LogP contribution in [-0.4, -0.2) is 28.0 Å². The van der Waals surface area contributed by atoms with E-state index in [1.165, 1.54) is 31.5 Å². The van der Waals surface area contributed by atoms with Gasteiger partial charge in [0.05, 0.1) is 5.54 Å². The summed E-state index contributed by atoms with van der Waals surface area (Å²) in [6.07, 6.45) is 8.75. The quantitative estimate of drug-likeness (QED) is 0.853. The average Bonchev–Trinajstić information content (AvgIpc) is 3.09. The fourth-order valence-electron chi connectivity index (χ4n) is 3.63. The SMILES string of the molecule is CC(C)(C)n1nc(C2CCOCC2)nc1CC1CCCC1. The molecule has 0 bridgehead atoms. The Hall–Kier alpha value is -0.900. The van der Waals surface area contributed by atoms with Crippen LogP contribution in [0.3, 0.4) is 0 Å². The van der Waals surface area contributed by atoms with Gasteiger partial charge in [-0.15, -0.1) is 0 Å². The maximum Gasteiger partial charge on any atom is 0.154 e. The molecule has 2 fully saturated rings. The molecule has 21 heavy (non-hydrogen) atoms. The van der Waals surface area contributed by atoms with Crippen LogP contribution in [-0.2, 0) is 16.7 Å². The summed E-state index contributed by atoms with van der Waals surface area (Å²) >= 11 is 0. The smallest absolute Gasteiger partial charge is 0.154 e. The summed E-state index contributed by atoms with van der Waals surface area (Å²) in [5.74, 6) is 3.57. The molecule has 1 aromatic rings. The summed E-state index contributed by atoms with van der Waals surface area (Å²) in [4.78, 5) is 4.96. The van der Waals surface area contributed by atoms with Crippen LogP contribution < -0.4 is 0 Å². The highest BCUT2D eigenvalue weighted by Gasteiger charge is 2.28. The van der Waals surface area contributed by atoms with Gasteiger partial charge in [-0.1, -0.05) is 25.7 Å². The van der Waals surface area contributed by atoms with Gasteiger partial charge in [-0.3, -0.25) is 0 Å². The van der Waals surface area contributed by atoms with Crippen LogP contribution in [0, 0.1) is 5.92 Å². The maximum atomic E-state index is 5.47. The minimum Gasteiger partial charge on any atom is -0.381 e. The van der Waals surface area contributed by atoms with Gasteiger partial charge in [0.1, 0.15) is 5.82 Å². The summed E-state index contributed by atoms with van der Waals surface area (Å²) in [6, 6.07) is 0. The van der Waals surface area contributed by atoms with Gasteiger partial charge in [0.25, 0.3) is 0 Å². The van der Waals surface area contributed by atoms with Gasteiger partial charge in [0.2, 0.25) is 0 Å². The molecule has 0 atom stereocenters. The lowest BCUT2D eigenvalue weighted by Crippen LogP contribution is -2.26. The van der Waals surface area contributed by atoms with E-state index in [4.69, 9.17) is 14.8 Å². The molecule has 1 aliphatic carbocycles. The lowest BCUT2D eigenvalue weighted by atomic mass is 10.00. The Morgan fingerprint density at radius 2 is 1.76 bits per heavy atom. The lowest BCUT2D eigenvalue weighted by molar-refractivity contribution is 0.0834. The first-order valence-corrected chi connectivity index (χ1v) is 8.58. The van der Waals surface area contributed by atoms with Crippen molar-refractivity contribution in [3.63, 3.8) is 0 Å². The molecule has 4 heteroatoms. The van der Waals surface area contributed by atoms with E-state index in [1.807, 2.05) is 0 Å². The summed E-state index contributed by atoms with van der Waals surface area (Å²) in [5, 5.41) is 4.90. The van der Waals surface area contributed by atoms with Crippen molar-refractivity contribution >= 4 is 0 Å². The fraction of sp³-hybridized carbons (Fsp3) is 0.882. The molecule has 0 spiro atoms. The molecule has 0 N–H and O–H groups in total. The molecule has 0 aromatic carbocycles. The van der Waals surface area contributed by atoms with E-state index in [1.54, 1.807) is 0 Å². The van der Waals surface area contributed by atoms with Crippen LogP contribution in [0.15, 0.2) is 0 Å². The van der Waals surface area contributed by atoms with Crippen LogP contribution in [0.4, 0.5) is 0 Å². The Balaban J connectivity index is 1.83. The van der Waals surface area contributed by atoms with E-state index in [2.05, 4.69) is 25.5 Å². The minimum absolute atomic E-state index is 0.0182. The van der Waals surface area contributed by atoms with Gasteiger partial charge in [-0.05, 0) is 39.5 Å². The summed E-state index contributed by atoms with van der Waals surface area (Å²) in [6.45, 7) is 8.40. The summed E-state index contributed by atoms with van der Waals surface area (Å²) in [5.41, 5.74) is 0.0182. The number of aromatic nitrogens is 3. The van der Waals surface area contributed by atoms with Crippen molar-refractivity contribution in [2.24, 2.45) is 5.92 Å². The molecule has 0 amide bonds. The molecule has 118 valence electrons. The van der Waals surface area contributed by atoms with Crippen LogP contribution in [0.5, 0.6) is 0 Å². The highest BCUT2D eigenvalue weighted by atomic mass is 16.5. The van der Waals surface area contributed by atoms with Gasteiger partial charge in [-0.2, -0.15) is 5.10 Å². The second kappa shape index (κ2) is 6.07. The van der Waals surface area contributed by atoms with Crippen LogP contribution in [0.2, 0.25) is 0 Å². The molecule has 0 unspecified atom stereocenters. The third-order valence-electron chi connectivity index (χ3n) is 4.86. The van der Waals surface area contributed by atoms with E-state index in [-0.39, 0.29) is 5.54 Å². The number of rotatable bonds is 3. The second-order valence-corrected chi connectivity index (χ2v) is 7.71. The minimum atomic E-state index is 0.0182. The van der Waals surface area contributed by atoms with E-state index in [0.29, 0.717) is 5.92 Å². The Morgan fingerprint density at radius 3 is 2.38 bits per heavy atom. The van der Waals surface area contributed by atoms with Crippen molar-refractivity contribution < 1.29 is 4.74 Å². The van der Waals surface area contributed by atoms with E-state index in [9.17, 15) is 0 Å². The van der Waals surface area contributed by atoms with E-state index < -0.39 is 0 Å². The molecular weight excluding hydrogens is 262 g/mol. The standard InChI is InChI=1S/C17H29N3O/c1-17(2,3)20-15(12-13-6-4-5-7-13)18-16(19-20)14-8-10-21-11-9-14/h13-14H,4-12H2,1-3H3. The zero-order valence-electron chi connectivity index (χ0n) is 13.8. The molecule has 1 saturated carbocycles. The van der Waals surface area contributed by atoms with Gasteiger partial charge in [0, 0.05) is 25.6 Å². The third-order valence-corrected chi connectivity index (χ3v) is 4.86. The number of hydrogen-bond donors (Lipinski definition) is 0. The van der Waals surface area contributed by atoms with Crippen molar-refractivity contribution in [1.29, 1.82) is 0 Å². The Morgan fingerprint density at radius 1 is 1.10 bits per heavy atom. The molecule has 3 rings (SSSR count). The Labute approximate surface area is 128 Å². The monoisotopic (exact) mass is 291 g/mol. The normalized spacial score (nSPS) is 22.0. The van der Waals surface area contributed by atoms with Crippen molar-refractivity contribution in [3.05, 3.63) is 11.6 Å². The molecule has 1 aromatic heterocycles. The number of nitrogens with zero attached hydrogens (tertiary/aromatic N) is 3. The van der Waals surface area contributed by atoms with Gasteiger partial charge in [0.15, 0.2) is 5.82 Å². The Kier molecular flexibility index (Phi) is 4.34. The Bertz CT molecular complexity index is 463. The third kappa shape index (κ3) is 3.47. The summed E-state index contributed by atoms with van der Waals surface area (Å²) < 4.78 is 7.66. The molecule has 0 radical (unpaired) electrons. The van der Waals surface area contributed by atoms with Crippen LogP contribution in [0.25, 0.3) is 0 Å². The van der Waals surface area contributed by atoms with E-state index in [0.717, 1.165) is 44.2 Å². The van der Waals surface area contributed by atoms with Crippen molar-refractivity contribution in [3.8, 4) is 0 Å². The van der Waals surface area contributed by atoms with Crippen molar-refractivity contribution in [1.82, 2.24) is 14.8 Å². The molecule has 4 nitrogen and oxygen atoms in total. The maximum absolute atomic E-state index is 5.47. The first-order chi connectivity index (χ1) is 10.0. The van der Waals surface area contributed by atoms with Crippen molar-refractivity contribution in [2.75, 3.05) is 13.2 Å². The highest BCUT2D eigenvalue weighted by molar-refractivity contribution is 5.04. The first-order valence-electron chi connectivity index (χ1n) is 8.58. The highest BCUT2D eigenvalue weighted by Crippen LogP contribution is 2.31. The molecule has 2 heterocycles. The predicted octanol–water partition coefficient (Wildman–Crippen LogP) is 3.66. The lowest BCUT2D eigenvalue weighted by Gasteiger charge is -2.22. The summed E-state index contributed by atoms with van der Waals surface area (Å²) in [7, 11) is 0. The molecule has 1 aliphatic heterocycles. The zero-order chi connectivity index (χ0) is 14.9. The zero-order valence-corrected chi connectivity index (χ0v) is 13.8. The second-order valence-electron chi connectivity index (χ2n) is 7.71. The number of ether oxygens (including phenoxy) is 1. The van der Waals surface area contributed by atoms with Gasteiger partial charge < -0.3 is 4.74 Å². The van der Waals surface area contributed by atoms with Gasteiger partial charge >= 0.3 is 0 Å². The predicted molar refractivity (Wildman–Crippen MR) is 83.5 cm³/mol. The van der Waals surface area contributed by atoms with Crippen molar-refractivity contribution in [2.45, 2.75) is 77.2 Å². The van der Waals surface area contributed by atoms with Crippen LogP contribution in [0.1, 0.15) is 76.9 Å². The molecular formula is C17H29N3O. The topological polar surface area (TPSA) is 39.9 Å². The van der Waals surface area contributed by atoms with E-state index >= 15 is 0 Å². The number of hydrogen-bond acceptors (Lipinski definition) is 3. The fourth-order valence-corrected chi connectivity index (χ4v) is 3.63. The van der Waals surface area contributed by atoms with Gasteiger partial charge in [-0.25, -0.2) is 9.67 Å². The first kappa shape index (κ1) is 15.0. The molecule has 2 aliphatic rings. The molecule has 1 saturated heterocycles.